The highest BCUT2D eigenvalue weighted by Crippen LogP contribution is 2.27. The second-order valence-electron chi connectivity index (χ2n) is 4.80. The molecule has 1 fully saturated rings. The third-order valence-electron chi connectivity index (χ3n) is 3.51. The number of benzene rings is 1. The molecule has 0 aliphatic carbocycles. The Balaban J connectivity index is 1.69. The van der Waals surface area contributed by atoms with Gasteiger partial charge in [0, 0.05) is 36.6 Å². The van der Waals surface area contributed by atoms with Crippen molar-refractivity contribution in [2.24, 2.45) is 5.73 Å². The van der Waals surface area contributed by atoms with Crippen LogP contribution in [0.1, 0.15) is 16.5 Å². The Morgan fingerprint density at radius 3 is 2.83 bits per heavy atom. The van der Waals surface area contributed by atoms with Crippen LogP contribution in [0.25, 0.3) is 0 Å². The van der Waals surface area contributed by atoms with Crippen LogP contribution in [-0.4, -0.2) is 29.0 Å². The van der Waals surface area contributed by atoms with E-state index in [1.165, 1.54) is 10.6 Å². The Labute approximate surface area is 111 Å². The quantitative estimate of drug-likeness (QED) is 0.917. The van der Waals surface area contributed by atoms with Gasteiger partial charge in [0.2, 0.25) is 0 Å². The van der Waals surface area contributed by atoms with Crippen LogP contribution in [0.3, 0.4) is 0 Å². The van der Waals surface area contributed by atoms with Gasteiger partial charge in [0.05, 0.1) is 6.54 Å². The molecular formula is C14H17N3S. The molecule has 1 aliphatic heterocycles. The Hall–Kier alpha value is -1.23. The van der Waals surface area contributed by atoms with Crippen molar-refractivity contribution in [2.45, 2.75) is 18.5 Å². The molecule has 2 N–H and O–H groups in total. The van der Waals surface area contributed by atoms with Gasteiger partial charge in [-0.25, -0.2) is 4.98 Å². The molecule has 18 heavy (non-hydrogen) atoms. The second-order valence-corrected chi connectivity index (χ2v) is 5.78. The summed E-state index contributed by atoms with van der Waals surface area (Å²) in [4.78, 5) is 6.74. The standard InChI is InChI=1S/C14H17N3S/c15-13-9-17(10-14-16-6-7-18-14)8-12(13)11-4-2-1-3-5-11/h1-7,12-13H,8-10,15H2/t12-,13+/m0/s1. The average Bonchev–Trinajstić information content (AvgIpc) is 3.01. The summed E-state index contributed by atoms with van der Waals surface area (Å²) in [5.41, 5.74) is 7.63. The maximum atomic E-state index is 6.27. The highest BCUT2D eigenvalue weighted by molar-refractivity contribution is 7.09. The molecule has 0 saturated carbocycles. The number of likely N-dealkylation sites (tertiary alicyclic amines) is 1. The third-order valence-corrected chi connectivity index (χ3v) is 4.28. The van der Waals surface area contributed by atoms with Gasteiger partial charge >= 0.3 is 0 Å². The molecule has 2 atom stereocenters. The van der Waals surface area contributed by atoms with Gasteiger partial charge in [-0.15, -0.1) is 11.3 Å². The highest BCUT2D eigenvalue weighted by Gasteiger charge is 2.31. The summed E-state index contributed by atoms with van der Waals surface area (Å²) in [6, 6.07) is 10.8. The molecule has 0 amide bonds. The smallest absolute Gasteiger partial charge is 0.107 e. The van der Waals surface area contributed by atoms with Crippen LogP contribution in [0, 0.1) is 0 Å². The lowest BCUT2D eigenvalue weighted by molar-refractivity contribution is 0.323. The van der Waals surface area contributed by atoms with E-state index in [4.69, 9.17) is 5.73 Å². The molecule has 94 valence electrons. The van der Waals surface area contributed by atoms with E-state index in [1.54, 1.807) is 11.3 Å². The molecule has 0 unspecified atom stereocenters. The molecule has 0 spiro atoms. The minimum atomic E-state index is 0.229. The van der Waals surface area contributed by atoms with Crippen LogP contribution in [0.5, 0.6) is 0 Å². The maximum Gasteiger partial charge on any atom is 0.107 e. The zero-order chi connectivity index (χ0) is 12.4. The van der Waals surface area contributed by atoms with Crippen molar-refractivity contribution in [3.05, 3.63) is 52.5 Å². The topological polar surface area (TPSA) is 42.1 Å². The van der Waals surface area contributed by atoms with Crippen molar-refractivity contribution in [2.75, 3.05) is 13.1 Å². The fraction of sp³-hybridized carbons (Fsp3) is 0.357. The van der Waals surface area contributed by atoms with E-state index in [0.717, 1.165) is 19.6 Å². The van der Waals surface area contributed by atoms with E-state index in [0.29, 0.717) is 5.92 Å². The molecule has 1 saturated heterocycles. The maximum absolute atomic E-state index is 6.27. The van der Waals surface area contributed by atoms with Crippen molar-refractivity contribution < 1.29 is 0 Å². The summed E-state index contributed by atoms with van der Waals surface area (Å²) in [6.45, 7) is 2.92. The molecule has 2 heterocycles. The SMILES string of the molecule is N[C@@H]1CN(Cc2nccs2)C[C@H]1c1ccccc1. The van der Waals surface area contributed by atoms with Gasteiger partial charge in [-0.2, -0.15) is 0 Å². The van der Waals surface area contributed by atoms with Crippen molar-refractivity contribution in [3.8, 4) is 0 Å². The average molecular weight is 259 g/mol. The van der Waals surface area contributed by atoms with Crippen molar-refractivity contribution in [3.63, 3.8) is 0 Å². The van der Waals surface area contributed by atoms with E-state index in [1.807, 2.05) is 11.6 Å². The largest absolute Gasteiger partial charge is 0.326 e. The Morgan fingerprint density at radius 1 is 1.28 bits per heavy atom. The summed E-state index contributed by atoms with van der Waals surface area (Å²) in [5.74, 6) is 0.450. The van der Waals surface area contributed by atoms with Crippen LogP contribution >= 0.6 is 11.3 Å². The summed E-state index contributed by atoms with van der Waals surface area (Å²) in [6.07, 6.45) is 1.87. The van der Waals surface area contributed by atoms with Crippen molar-refractivity contribution in [1.82, 2.24) is 9.88 Å². The molecule has 0 bridgehead atoms. The van der Waals surface area contributed by atoms with Crippen LogP contribution in [0.2, 0.25) is 0 Å². The zero-order valence-electron chi connectivity index (χ0n) is 10.2. The first-order valence-electron chi connectivity index (χ1n) is 6.24. The number of nitrogens with zero attached hydrogens (tertiary/aromatic N) is 2. The third kappa shape index (κ3) is 2.46. The van der Waals surface area contributed by atoms with Gasteiger partial charge in [-0.1, -0.05) is 30.3 Å². The van der Waals surface area contributed by atoms with Crippen LogP contribution in [-0.2, 0) is 6.54 Å². The minimum Gasteiger partial charge on any atom is -0.326 e. The van der Waals surface area contributed by atoms with Crippen LogP contribution < -0.4 is 5.73 Å². The molecular weight excluding hydrogens is 242 g/mol. The van der Waals surface area contributed by atoms with Crippen molar-refractivity contribution in [1.29, 1.82) is 0 Å². The van der Waals surface area contributed by atoms with Gasteiger partial charge in [0.25, 0.3) is 0 Å². The van der Waals surface area contributed by atoms with Gasteiger partial charge in [0.15, 0.2) is 0 Å². The lowest BCUT2D eigenvalue weighted by Crippen LogP contribution is -2.28. The molecule has 1 aromatic heterocycles. The lowest BCUT2D eigenvalue weighted by Gasteiger charge is -2.14. The molecule has 0 radical (unpaired) electrons. The number of hydrogen-bond acceptors (Lipinski definition) is 4. The second kappa shape index (κ2) is 5.18. The molecule has 3 nitrogen and oxygen atoms in total. The number of hydrogen-bond donors (Lipinski definition) is 1. The first-order valence-corrected chi connectivity index (χ1v) is 7.12. The number of nitrogens with two attached hydrogens (primary N) is 1. The van der Waals surface area contributed by atoms with E-state index in [2.05, 4.69) is 40.2 Å². The molecule has 1 aromatic carbocycles. The number of rotatable bonds is 3. The van der Waals surface area contributed by atoms with Gasteiger partial charge in [-0.05, 0) is 5.56 Å². The first-order chi connectivity index (χ1) is 8.83. The van der Waals surface area contributed by atoms with Gasteiger partial charge < -0.3 is 5.73 Å². The van der Waals surface area contributed by atoms with E-state index in [9.17, 15) is 0 Å². The number of thiazole rings is 1. The molecule has 4 heteroatoms. The van der Waals surface area contributed by atoms with E-state index < -0.39 is 0 Å². The first kappa shape index (κ1) is 11.8. The fourth-order valence-electron chi connectivity index (χ4n) is 2.62. The minimum absolute atomic E-state index is 0.229. The Bertz CT molecular complexity index is 483. The van der Waals surface area contributed by atoms with Gasteiger partial charge in [0.1, 0.15) is 5.01 Å². The van der Waals surface area contributed by atoms with E-state index >= 15 is 0 Å². The molecule has 3 rings (SSSR count). The predicted octanol–water partition coefficient (Wildman–Crippen LogP) is 2.07. The Kier molecular flexibility index (Phi) is 3.41. The van der Waals surface area contributed by atoms with E-state index in [-0.39, 0.29) is 6.04 Å². The predicted molar refractivity (Wildman–Crippen MR) is 74.5 cm³/mol. The van der Waals surface area contributed by atoms with Crippen molar-refractivity contribution >= 4 is 11.3 Å². The molecule has 1 aliphatic rings. The Morgan fingerprint density at radius 2 is 2.11 bits per heavy atom. The van der Waals surface area contributed by atoms with Crippen LogP contribution in [0.4, 0.5) is 0 Å². The highest BCUT2D eigenvalue weighted by atomic mass is 32.1. The summed E-state index contributed by atoms with van der Waals surface area (Å²) in [7, 11) is 0. The molecule has 2 aromatic rings. The summed E-state index contributed by atoms with van der Waals surface area (Å²) < 4.78 is 0. The summed E-state index contributed by atoms with van der Waals surface area (Å²) >= 11 is 1.71. The van der Waals surface area contributed by atoms with Crippen LogP contribution in [0.15, 0.2) is 41.9 Å². The normalized spacial score (nSPS) is 24.5. The monoisotopic (exact) mass is 259 g/mol. The fourth-order valence-corrected chi connectivity index (χ4v) is 3.28. The summed E-state index contributed by atoms with van der Waals surface area (Å²) in [5, 5.41) is 3.20. The zero-order valence-corrected chi connectivity index (χ0v) is 11.0. The number of aromatic nitrogens is 1. The van der Waals surface area contributed by atoms with Gasteiger partial charge in [-0.3, -0.25) is 4.90 Å². The lowest BCUT2D eigenvalue weighted by atomic mass is 9.95.